The highest BCUT2D eigenvalue weighted by Gasteiger charge is 2.28. The number of aliphatic carboxylic acids is 1. The van der Waals surface area contributed by atoms with Crippen molar-refractivity contribution in [1.29, 1.82) is 0 Å². The zero-order valence-electron chi connectivity index (χ0n) is 7.94. The molecule has 0 radical (unpaired) electrons. The molecule has 2 N–H and O–H groups in total. The lowest BCUT2D eigenvalue weighted by atomic mass is 10.00. The summed E-state index contributed by atoms with van der Waals surface area (Å²) in [6.07, 6.45) is 0.199. The molecule has 2 atom stereocenters. The van der Waals surface area contributed by atoms with E-state index in [9.17, 15) is 4.79 Å². The van der Waals surface area contributed by atoms with Crippen LogP contribution in [0.1, 0.15) is 13.3 Å². The van der Waals surface area contributed by atoms with Gasteiger partial charge in [-0.15, -0.1) is 0 Å². The quantitative estimate of drug-likeness (QED) is 0.651. The largest absolute Gasteiger partial charge is 0.481 e. The molecule has 0 amide bonds. The SMILES string of the molecule is C[C@H]1CN(CCC(=O)O)C[C@@H]1CO. The van der Waals surface area contributed by atoms with E-state index in [0.29, 0.717) is 18.4 Å². The maximum atomic E-state index is 10.3. The van der Waals surface area contributed by atoms with Crippen LogP contribution in [0, 0.1) is 11.8 Å². The predicted octanol–water partition coefficient (Wildman–Crippen LogP) is 0.0213. The Labute approximate surface area is 78.2 Å². The number of likely N-dealkylation sites (tertiary alicyclic amines) is 1. The van der Waals surface area contributed by atoms with Gasteiger partial charge in [0, 0.05) is 26.2 Å². The van der Waals surface area contributed by atoms with Gasteiger partial charge in [-0.05, 0) is 11.8 Å². The predicted molar refractivity (Wildman–Crippen MR) is 48.4 cm³/mol. The summed E-state index contributed by atoms with van der Waals surface area (Å²) < 4.78 is 0. The van der Waals surface area contributed by atoms with E-state index in [2.05, 4.69) is 11.8 Å². The molecule has 0 aromatic rings. The van der Waals surface area contributed by atoms with Crippen molar-refractivity contribution in [3.05, 3.63) is 0 Å². The summed E-state index contributed by atoms with van der Waals surface area (Å²) in [6.45, 7) is 4.67. The smallest absolute Gasteiger partial charge is 0.304 e. The van der Waals surface area contributed by atoms with Crippen LogP contribution in [0.2, 0.25) is 0 Å². The van der Waals surface area contributed by atoms with Gasteiger partial charge in [-0.2, -0.15) is 0 Å². The van der Waals surface area contributed by atoms with Crippen molar-refractivity contribution in [2.24, 2.45) is 11.8 Å². The summed E-state index contributed by atoms with van der Waals surface area (Å²) in [6, 6.07) is 0. The van der Waals surface area contributed by atoms with Crippen molar-refractivity contribution in [1.82, 2.24) is 4.90 Å². The first-order valence-corrected chi connectivity index (χ1v) is 4.68. The molecule has 0 aromatic heterocycles. The van der Waals surface area contributed by atoms with E-state index >= 15 is 0 Å². The van der Waals surface area contributed by atoms with Crippen molar-refractivity contribution in [3.63, 3.8) is 0 Å². The maximum absolute atomic E-state index is 10.3. The number of hydrogen-bond acceptors (Lipinski definition) is 3. The fraction of sp³-hybridized carbons (Fsp3) is 0.889. The molecule has 1 saturated heterocycles. The minimum atomic E-state index is -0.750. The van der Waals surface area contributed by atoms with E-state index in [1.54, 1.807) is 0 Å². The highest BCUT2D eigenvalue weighted by atomic mass is 16.4. The lowest BCUT2D eigenvalue weighted by Crippen LogP contribution is -2.24. The molecule has 1 rings (SSSR count). The summed E-state index contributed by atoms with van der Waals surface area (Å²) >= 11 is 0. The summed E-state index contributed by atoms with van der Waals surface area (Å²) in [5.41, 5.74) is 0. The fourth-order valence-electron chi connectivity index (χ4n) is 1.82. The zero-order valence-corrected chi connectivity index (χ0v) is 7.94. The second-order valence-corrected chi connectivity index (χ2v) is 3.82. The number of carbonyl (C=O) groups is 1. The molecule has 4 heteroatoms. The summed E-state index contributed by atoms with van der Waals surface area (Å²) in [5, 5.41) is 17.5. The minimum absolute atomic E-state index is 0.199. The average Bonchev–Trinajstić information content (AvgIpc) is 2.43. The van der Waals surface area contributed by atoms with Gasteiger partial charge in [-0.25, -0.2) is 0 Å². The molecule has 1 aliphatic rings. The number of carboxylic acid groups (broad SMARTS) is 1. The highest BCUT2D eigenvalue weighted by molar-refractivity contribution is 5.66. The monoisotopic (exact) mass is 187 g/mol. The van der Waals surface area contributed by atoms with Crippen LogP contribution in [0.3, 0.4) is 0 Å². The highest BCUT2D eigenvalue weighted by Crippen LogP contribution is 2.21. The lowest BCUT2D eigenvalue weighted by Gasteiger charge is -2.13. The molecule has 1 aliphatic heterocycles. The lowest BCUT2D eigenvalue weighted by molar-refractivity contribution is -0.137. The molecule has 0 spiro atoms. The molecule has 0 aliphatic carbocycles. The molecule has 13 heavy (non-hydrogen) atoms. The van der Waals surface area contributed by atoms with Crippen LogP contribution in [0.4, 0.5) is 0 Å². The molecular weight excluding hydrogens is 170 g/mol. The van der Waals surface area contributed by atoms with Crippen molar-refractivity contribution >= 4 is 5.97 Å². The first kappa shape index (κ1) is 10.5. The van der Waals surface area contributed by atoms with Crippen LogP contribution in [0.25, 0.3) is 0 Å². The summed E-state index contributed by atoms with van der Waals surface area (Å²) in [4.78, 5) is 12.4. The van der Waals surface area contributed by atoms with E-state index < -0.39 is 5.97 Å². The van der Waals surface area contributed by atoms with Crippen molar-refractivity contribution < 1.29 is 15.0 Å². The van der Waals surface area contributed by atoms with Crippen LogP contribution in [0.5, 0.6) is 0 Å². The van der Waals surface area contributed by atoms with Gasteiger partial charge in [0.2, 0.25) is 0 Å². The molecule has 0 saturated carbocycles. The van der Waals surface area contributed by atoms with Gasteiger partial charge >= 0.3 is 5.97 Å². The Morgan fingerprint density at radius 2 is 2.23 bits per heavy atom. The van der Waals surface area contributed by atoms with Crippen LogP contribution >= 0.6 is 0 Å². The number of aliphatic hydroxyl groups is 1. The van der Waals surface area contributed by atoms with Gasteiger partial charge < -0.3 is 15.1 Å². The topological polar surface area (TPSA) is 60.8 Å². The first-order valence-electron chi connectivity index (χ1n) is 4.68. The third-order valence-electron chi connectivity index (χ3n) is 2.72. The number of aliphatic hydroxyl groups excluding tert-OH is 1. The Morgan fingerprint density at radius 1 is 1.54 bits per heavy atom. The van der Waals surface area contributed by atoms with Gasteiger partial charge in [0.15, 0.2) is 0 Å². The minimum Gasteiger partial charge on any atom is -0.481 e. The van der Waals surface area contributed by atoms with Gasteiger partial charge in [-0.3, -0.25) is 4.79 Å². The Kier molecular flexibility index (Phi) is 3.69. The molecule has 76 valence electrons. The Hall–Kier alpha value is -0.610. The first-order chi connectivity index (χ1) is 6.13. The number of nitrogens with zero attached hydrogens (tertiary/aromatic N) is 1. The number of rotatable bonds is 4. The maximum Gasteiger partial charge on any atom is 0.304 e. The Bertz CT molecular complexity index is 184. The van der Waals surface area contributed by atoms with Crippen molar-refractivity contribution in [3.8, 4) is 0 Å². The Morgan fingerprint density at radius 3 is 2.69 bits per heavy atom. The Balaban J connectivity index is 2.27. The summed E-state index contributed by atoms with van der Waals surface area (Å²) in [7, 11) is 0. The van der Waals surface area contributed by atoms with Gasteiger partial charge in [-0.1, -0.05) is 6.92 Å². The molecule has 0 unspecified atom stereocenters. The molecule has 1 fully saturated rings. The summed E-state index contributed by atoms with van der Waals surface area (Å²) in [5.74, 6) is 0.0627. The van der Waals surface area contributed by atoms with Crippen LogP contribution in [0.15, 0.2) is 0 Å². The zero-order chi connectivity index (χ0) is 9.84. The second kappa shape index (κ2) is 4.58. The van der Waals surface area contributed by atoms with Gasteiger partial charge in [0.05, 0.1) is 6.42 Å². The second-order valence-electron chi connectivity index (χ2n) is 3.82. The van der Waals surface area contributed by atoms with Crippen LogP contribution in [-0.2, 0) is 4.79 Å². The van der Waals surface area contributed by atoms with Gasteiger partial charge in [0.1, 0.15) is 0 Å². The number of carboxylic acids is 1. The molecule has 4 nitrogen and oxygen atoms in total. The molecule has 0 aromatic carbocycles. The van der Waals surface area contributed by atoms with E-state index in [-0.39, 0.29) is 13.0 Å². The standard InChI is InChI=1S/C9H17NO3/c1-7-4-10(3-2-9(12)13)5-8(7)6-11/h7-8,11H,2-6H2,1H3,(H,12,13)/t7-,8+/m0/s1. The third-order valence-corrected chi connectivity index (χ3v) is 2.72. The normalized spacial score (nSPS) is 29.4. The van der Waals surface area contributed by atoms with E-state index in [1.165, 1.54) is 0 Å². The van der Waals surface area contributed by atoms with E-state index in [1.807, 2.05) is 0 Å². The third kappa shape index (κ3) is 2.97. The van der Waals surface area contributed by atoms with Crippen LogP contribution in [-0.4, -0.2) is 47.3 Å². The van der Waals surface area contributed by atoms with Crippen LogP contribution < -0.4 is 0 Å². The van der Waals surface area contributed by atoms with E-state index in [0.717, 1.165) is 13.1 Å². The average molecular weight is 187 g/mol. The fourth-order valence-corrected chi connectivity index (χ4v) is 1.82. The van der Waals surface area contributed by atoms with Crippen molar-refractivity contribution in [2.75, 3.05) is 26.2 Å². The van der Waals surface area contributed by atoms with E-state index in [4.69, 9.17) is 10.2 Å². The molecular formula is C9H17NO3. The molecule has 0 bridgehead atoms. The van der Waals surface area contributed by atoms with Crippen molar-refractivity contribution in [2.45, 2.75) is 13.3 Å². The molecule has 1 heterocycles. The number of hydrogen-bond donors (Lipinski definition) is 2. The van der Waals surface area contributed by atoms with Gasteiger partial charge in [0.25, 0.3) is 0 Å².